The molecule has 0 fully saturated rings. The monoisotopic (exact) mass is 372 g/mol. The van der Waals surface area contributed by atoms with E-state index in [0.717, 1.165) is 0 Å². The van der Waals surface area contributed by atoms with Gasteiger partial charge in [-0.25, -0.2) is 9.37 Å². The van der Waals surface area contributed by atoms with E-state index >= 15 is 0 Å². The topological polar surface area (TPSA) is 44.1 Å². The second-order valence-electron chi connectivity index (χ2n) is 6.19. The summed E-state index contributed by atoms with van der Waals surface area (Å²) in [4.78, 5) is 17.8. The molecule has 0 saturated carbocycles. The van der Waals surface area contributed by atoms with Crippen molar-refractivity contribution in [2.45, 2.75) is 0 Å². The normalized spacial score (nSPS) is 11.2. The van der Waals surface area contributed by atoms with Gasteiger partial charge in [0.15, 0.2) is 11.6 Å². The van der Waals surface area contributed by atoms with Crippen LogP contribution in [0.5, 0.6) is 5.75 Å². The molecule has 1 aromatic heterocycles. The number of halogens is 1. The Morgan fingerprint density at radius 2 is 1.71 bits per heavy atom. The number of fused-ring (bicyclic) bond motifs is 1. The molecule has 0 amide bonds. The predicted molar refractivity (Wildman–Crippen MR) is 109 cm³/mol. The minimum absolute atomic E-state index is 0.155. The first-order valence-electron chi connectivity index (χ1n) is 8.76. The molecule has 0 N–H and O–H groups in total. The van der Waals surface area contributed by atoms with E-state index in [1.165, 1.54) is 13.2 Å². The first-order valence-corrected chi connectivity index (χ1v) is 8.76. The van der Waals surface area contributed by atoms with Crippen molar-refractivity contribution in [3.05, 3.63) is 100 Å². The smallest absolute Gasteiger partial charge is 0.266 e. The molecule has 0 bridgehead atoms. The number of hydrogen-bond donors (Lipinski definition) is 0. The van der Waals surface area contributed by atoms with Gasteiger partial charge in [0.1, 0.15) is 5.82 Å². The number of benzene rings is 3. The summed E-state index contributed by atoms with van der Waals surface area (Å²) >= 11 is 0. The Morgan fingerprint density at radius 1 is 0.964 bits per heavy atom. The summed E-state index contributed by atoms with van der Waals surface area (Å²) in [6.45, 7) is 0. The molecular formula is C23H17FN2O2. The highest BCUT2D eigenvalue weighted by Gasteiger charge is 2.10. The summed E-state index contributed by atoms with van der Waals surface area (Å²) in [5.41, 5.74) is 1.81. The number of hydrogen-bond acceptors (Lipinski definition) is 3. The van der Waals surface area contributed by atoms with Gasteiger partial charge in [0.25, 0.3) is 5.56 Å². The Labute approximate surface area is 161 Å². The van der Waals surface area contributed by atoms with Crippen LogP contribution in [0.1, 0.15) is 11.4 Å². The lowest BCUT2D eigenvalue weighted by Gasteiger charge is -2.11. The van der Waals surface area contributed by atoms with Crippen LogP contribution in [0.25, 0.3) is 28.7 Å². The van der Waals surface area contributed by atoms with Crippen molar-refractivity contribution in [2.24, 2.45) is 0 Å². The maximum Gasteiger partial charge on any atom is 0.266 e. The SMILES string of the molecule is COc1ccc(/C=C/c2nc3ccccc3c(=O)n2-c2ccccc2)cc1F. The number of rotatable bonds is 4. The molecule has 0 saturated heterocycles. The highest BCUT2D eigenvalue weighted by atomic mass is 19.1. The van der Waals surface area contributed by atoms with Gasteiger partial charge in [0.2, 0.25) is 0 Å². The molecule has 0 unspecified atom stereocenters. The fraction of sp³-hybridized carbons (Fsp3) is 0.0435. The third kappa shape index (κ3) is 3.30. The molecule has 138 valence electrons. The summed E-state index contributed by atoms with van der Waals surface area (Å²) in [7, 11) is 1.42. The summed E-state index contributed by atoms with van der Waals surface area (Å²) in [5, 5.41) is 0.541. The molecule has 0 atom stereocenters. The number of ether oxygens (including phenoxy) is 1. The van der Waals surface area contributed by atoms with E-state index in [1.807, 2.05) is 42.5 Å². The molecule has 3 aromatic carbocycles. The second-order valence-corrected chi connectivity index (χ2v) is 6.19. The predicted octanol–water partition coefficient (Wildman–Crippen LogP) is 4.70. The average Bonchev–Trinajstić information content (AvgIpc) is 2.73. The van der Waals surface area contributed by atoms with Gasteiger partial charge >= 0.3 is 0 Å². The van der Waals surface area contributed by atoms with Crippen LogP contribution in [0, 0.1) is 5.82 Å². The lowest BCUT2D eigenvalue weighted by atomic mass is 10.2. The first kappa shape index (κ1) is 17.7. The molecule has 0 aliphatic heterocycles. The minimum Gasteiger partial charge on any atom is -0.494 e. The molecular weight excluding hydrogens is 355 g/mol. The quantitative estimate of drug-likeness (QED) is 0.521. The Morgan fingerprint density at radius 3 is 2.46 bits per heavy atom. The van der Waals surface area contributed by atoms with Crippen LogP contribution in [0.4, 0.5) is 4.39 Å². The van der Waals surface area contributed by atoms with Crippen molar-refractivity contribution >= 4 is 23.1 Å². The van der Waals surface area contributed by atoms with Crippen LogP contribution in [-0.4, -0.2) is 16.7 Å². The minimum atomic E-state index is -0.448. The third-order valence-corrected chi connectivity index (χ3v) is 4.42. The van der Waals surface area contributed by atoms with Crippen molar-refractivity contribution in [3.8, 4) is 11.4 Å². The highest BCUT2D eigenvalue weighted by molar-refractivity contribution is 5.80. The van der Waals surface area contributed by atoms with E-state index in [0.29, 0.717) is 28.0 Å². The van der Waals surface area contributed by atoms with Crippen LogP contribution in [-0.2, 0) is 0 Å². The molecule has 5 heteroatoms. The standard InChI is InChI=1S/C23H17FN2O2/c1-28-21-13-11-16(15-19(21)24)12-14-22-25-20-10-6-5-9-18(20)23(27)26(22)17-7-3-2-4-8-17/h2-15H,1H3/b14-12+. The Balaban J connectivity index is 1.88. The fourth-order valence-corrected chi connectivity index (χ4v) is 3.05. The summed E-state index contributed by atoms with van der Waals surface area (Å²) < 4.78 is 20.5. The van der Waals surface area contributed by atoms with E-state index in [-0.39, 0.29) is 11.3 Å². The molecule has 0 spiro atoms. The van der Waals surface area contributed by atoms with E-state index in [9.17, 15) is 9.18 Å². The largest absolute Gasteiger partial charge is 0.494 e. The van der Waals surface area contributed by atoms with Crippen LogP contribution in [0.15, 0.2) is 77.6 Å². The Kier molecular flexibility index (Phi) is 4.72. The van der Waals surface area contributed by atoms with Gasteiger partial charge in [-0.3, -0.25) is 9.36 Å². The zero-order chi connectivity index (χ0) is 19.5. The van der Waals surface area contributed by atoms with Crippen LogP contribution in [0.2, 0.25) is 0 Å². The van der Waals surface area contributed by atoms with Gasteiger partial charge in [-0.15, -0.1) is 0 Å². The first-order chi connectivity index (χ1) is 13.7. The zero-order valence-corrected chi connectivity index (χ0v) is 15.2. The van der Waals surface area contributed by atoms with Crippen LogP contribution < -0.4 is 10.3 Å². The van der Waals surface area contributed by atoms with Crippen molar-refractivity contribution in [3.63, 3.8) is 0 Å². The Bertz CT molecular complexity index is 1230. The summed E-state index contributed by atoms with van der Waals surface area (Å²) in [6, 6.07) is 21.2. The van der Waals surface area contributed by atoms with Crippen molar-refractivity contribution in [1.82, 2.24) is 9.55 Å². The van der Waals surface area contributed by atoms with Gasteiger partial charge in [0, 0.05) is 0 Å². The van der Waals surface area contributed by atoms with Crippen molar-refractivity contribution in [1.29, 1.82) is 0 Å². The van der Waals surface area contributed by atoms with Gasteiger partial charge in [-0.05, 0) is 48.0 Å². The third-order valence-electron chi connectivity index (χ3n) is 4.42. The molecule has 1 heterocycles. The molecule has 4 rings (SSSR count). The van der Waals surface area contributed by atoms with Gasteiger partial charge in [-0.2, -0.15) is 0 Å². The van der Waals surface area contributed by atoms with Crippen LogP contribution >= 0.6 is 0 Å². The highest BCUT2D eigenvalue weighted by Crippen LogP contribution is 2.20. The maximum absolute atomic E-state index is 14.0. The maximum atomic E-state index is 14.0. The van der Waals surface area contributed by atoms with Crippen LogP contribution in [0.3, 0.4) is 0 Å². The lowest BCUT2D eigenvalue weighted by molar-refractivity contribution is 0.386. The number of methoxy groups -OCH3 is 1. The van der Waals surface area contributed by atoms with Crippen molar-refractivity contribution in [2.75, 3.05) is 7.11 Å². The number of nitrogens with zero attached hydrogens (tertiary/aromatic N) is 2. The number of para-hydroxylation sites is 2. The fourth-order valence-electron chi connectivity index (χ4n) is 3.05. The van der Waals surface area contributed by atoms with Crippen molar-refractivity contribution < 1.29 is 9.13 Å². The molecule has 0 aliphatic carbocycles. The van der Waals surface area contributed by atoms with Gasteiger partial charge in [-0.1, -0.05) is 42.5 Å². The average molecular weight is 372 g/mol. The molecule has 0 aliphatic rings. The van der Waals surface area contributed by atoms with E-state index < -0.39 is 5.82 Å². The molecule has 4 aromatic rings. The van der Waals surface area contributed by atoms with Gasteiger partial charge in [0.05, 0.1) is 23.7 Å². The molecule has 28 heavy (non-hydrogen) atoms. The van der Waals surface area contributed by atoms with Gasteiger partial charge < -0.3 is 4.74 Å². The van der Waals surface area contributed by atoms with E-state index in [2.05, 4.69) is 4.98 Å². The lowest BCUT2D eigenvalue weighted by Crippen LogP contribution is -2.22. The second kappa shape index (κ2) is 7.48. The molecule has 4 nitrogen and oxygen atoms in total. The van der Waals surface area contributed by atoms with E-state index in [1.54, 1.807) is 41.0 Å². The Hall–Kier alpha value is -3.73. The van der Waals surface area contributed by atoms with E-state index in [4.69, 9.17) is 4.74 Å². The summed E-state index contributed by atoms with van der Waals surface area (Å²) in [6.07, 6.45) is 3.43. The summed E-state index contributed by atoms with van der Waals surface area (Å²) in [5.74, 6) is 0.199. The number of aromatic nitrogens is 2. The molecule has 0 radical (unpaired) electrons. The zero-order valence-electron chi connectivity index (χ0n) is 15.2.